The highest BCUT2D eigenvalue weighted by Gasteiger charge is 2.23. The number of aromatic nitrogens is 2. The van der Waals surface area contributed by atoms with Gasteiger partial charge in [0.2, 0.25) is 5.91 Å². The number of hydrogen-bond donors (Lipinski definition) is 1. The van der Waals surface area contributed by atoms with Crippen LogP contribution in [0.5, 0.6) is 0 Å². The van der Waals surface area contributed by atoms with Gasteiger partial charge in [0.1, 0.15) is 10.6 Å². The molecule has 3 rings (SSSR count). The molecule has 0 aliphatic carbocycles. The van der Waals surface area contributed by atoms with E-state index in [2.05, 4.69) is 10.4 Å². The van der Waals surface area contributed by atoms with Crippen LogP contribution in [0.15, 0.2) is 29.8 Å². The highest BCUT2D eigenvalue weighted by molar-refractivity contribution is 7.15. The van der Waals surface area contributed by atoms with Gasteiger partial charge in [0.15, 0.2) is 0 Å². The van der Waals surface area contributed by atoms with Crippen molar-refractivity contribution in [3.05, 3.63) is 57.7 Å². The van der Waals surface area contributed by atoms with E-state index in [0.717, 1.165) is 33.5 Å². The van der Waals surface area contributed by atoms with Gasteiger partial charge in [0, 0.05) is 36.3 Å². The third-order valence-corrected chi connectivity index (χ3v) is 5.98. The quantitative estimate of drug-likeness (QED) is 0.564. The van der Waals surface area contributed by atoms with Gasteiger partial charge in [-0.1, -0.05) is 23.8 Å². The number of nitrogens with zero attached hydrogens (tertiary/aromatic N) is 3. The fourth-order valence-electron chi connectivity index (χ4n) is 3.54. The van der Waals surface area contributed by atoms with E-state index < -0.39 is 5.97 Å². The molecule has 0 bridgehead atoms. The number of ether oxygens (including phenoxy) is 1. The fraction of sp³-hybridized carbons (Fsp3) is 0.348. The predicted octanol–water partition coefficient (Wildman–Crippen LogP) is 3.93. The second kappa shape index (κ2) is 9.45. The van der Waals surface area contributed by atoms with E-state index in [9.17, 15) is 9.59 Å². The largest absolute Gasteiger partial charge is 0.465 e. The maximum absolute atomic E-state index is 12.7. The van der Waals surface area contributed by atoms with E-state index in [-0.39, 0.29) is 12.5 Å². The summed E-state index contributed by atoms with van der Waals surface area (Å²) in [5.74, 6) is -0.657. The first-order valence-electron chi connectivity index (χ1n) is 9.94. The summed E-state index contributed by atoms with van der Waals surface area (Å²) in [6.45, 7) is 6.75. The Kier molecular flexibility index (Phi) is 6.92. The normalized spacial score (nSPS) is 11.1. The maximum Gasteiger partial charge on any atom is 0.341 e. The van der Waals surface area contributed by atoms with Crippen LogP contribution in [0.2, 0.25) is 0 Å². The predicted molar refractivity (Wildman–Crippen MR) is 123 cm³/mol. The summed E-state index contributed by atoms with van der Waals surface area (Å²) in [6, 6.07) is 6.10. The van der Waals surface area contributed by atoms with Gasteiger partial charge < -0.3 is 10.1 Å². The van der Waals surface area contributed by atoms with Crippen molar-refractivity contribution in [2.75, 3.05) is 26.0 Å². The number of rotatable bonds is 7. The van der Waals surface area contributed by atoms with Crippen LogP contribution in [0.4, 0.5) is 5.00 Å². The van der Waals surface area contributed by atoms with E-state index in [0.29, 0.717) is 17.1 Å². The number of thiophene rings is 1. The number of carbonyl (C=O) groups excluding carboxylic acids is 2. The molecule has 3 aromatic rings. The van der Waals surface area contributed by atoms with Crippen LogP contribution < -0.4 is 5.32 Å². The third kappa shape index (κ3) is 5.21. The Hall–Kier alpha value is -2.97. The number of anilines is 1. The van der Waals surface area contributed by atoms with E-state index in [1.54, 1.807) is 4.68 Å². The summed E-state index contributed by atoms with van der Waals surface area (Å²) in [5, 5.41) is 9.63. The molecule has 31 heavy (non-hydrogen) atoms. The van der Waals surface area contributed by atoms with Crippen LogP contribution in [0.1, 0.15) is 32.7 Å². The number of nitrogens with one attached hydrogen (secondary N) is 1. The fourth-order valence-corrected chi connectivity index (χ4v) is 4.51. The van der Waals surface area contributed by atoms with E-state index in [1.165, 1.54) is 18.4 Å². The minimum atomic E-state index is -0.466. The molecule has 0 atom stereocenters. The minimum Gasteiger partial charge on any atom is -0.465 e. The van der Waals surface area contributed by atoms with E-state index in [4.69, 9.17) is 4.74 Å². The van der Waals surface area contributed by atoms with Gasteiger partial charge in [0.25, 0.3) is 0 Å². The van der Waals surface area contributed by atoms with E-state index >= 15 is 0 Å². The number of esters is 1. The molecule has 2 aromatic heterocycles. The average Bonchev–Trinajstić information content (AvgIpc) is 3.25. The number of benzene rings is 1. The average molecular weight is 441 g/mol. The third-order valence-electron chi connectivity index (χ3n) is 5.09. The minimum absolute atomic E-state index is 0.186. The van der Waals surface area contributed by atoms with Crippen molar-refractivity contribution in [2.24, 2.45) is 7.05 Å². The maximum atomic E-state index is 12.7. The van der Waals surface area contributed by atoms with Gasteiger partial charge in [0.05, 0.1) is 19.3 Å². The van der Waals surface area contributed by atoms with Gasteiger partial charge in [-0.25, -0.2) is 4.79 Å². The smallest absolute Gasteiger partial charge is 0.341 e. The summed E-state index contributed by atoms with van der Waals surface area (Å²) in [7, 11) is 5.10. The zero-order valence-electron chi connectivity index (χ0n) is 18.8. The lowest BCUT2D eigenvalue weighted by atomic mass is 9.97. The van der Waals surface area contributed by atoms with Crippen LogP contribution in [-0.4, -0.2) is 47.3 Å². The molecule has 0 spiro atoms. The highest BCUT2D eigenvalue weighted by atomic mass is 32.1. The summed E-state index contributed by atoms with van der Waals surface area (Å²) >= 11 is 1.33. The SMILES string of the molecule is COC(=O)c1c(-c2cc(C)ccc2C)csc1NC(=O)CN(C)Cc1cn(C)nc1C. The summed E-state index contributed by atoms with van der Waals surface area (Å²) in [4.78, 5) is 27.2. The Balaban J connectivity index is 1.80. The van der Waals surface area contributed by atoms with Crippen molar-refractivity contribution >= 4 is 28.2 Å². The van der Waals surface area contributed by atoms with Crippen LogP contribution in [0.3, 0.4) is 0 Å². The molecule has 1 N–H and O–H groups in total. The van der Waals surface area contributed by atoms with Gasteiger partial charge >= 0.3 is 5.97 Å². The van der Waals surface area contributed by atoms with Crippen molar-refractivity contribution in [1.29, 1.82) is 0 Å². The van der Waals surface area contributed by atoms with Gasteiger partial charge in [-0.3, -0.25) is 14.4 Å². The number of likely N-dealkylation sites (N-methyl/N-ethyl adjacent to an activating group) is 1. The molecule has 2 heterocycles. The standard InChI is InChI=1S/C23H28N4O3S/c1-14-7-8-15(2)18(9-14)19-13-31-22(21(19)23(29)30-6)24-20(28)12-26(4)10-17-11-27(5)25-16(17)3/h7-9,11,13H,10,12H2,1-6H3,(H,24,28). The number of methoxy groups -OCH3 is 1. The molecule has 8 heteroatoms. The number of aryl methyl sites for hydroxylation is 4. The van der Waals surface area contributed by atoms with Crippen molar-refractivity contribution in [1.82, 2.24) is 14.7 Å². The Bertz CT molecular complexity index is 1120. The van der Waals surface area contributed by atoms with Crippen molar-refractivity contribution in [2.45, 2.75) is 27.3 Å². The molecule has 1 amide bonds. The second-order valence-electron chi connectivity index (χ2n) is 7.80. The Labute approximate surface area is 186 Å². The Morgan fingerprint density at radius 1 is 1.23 bits per heavy atom. The Morgan fingerprint density at radius 2 is 1.97 bits per heavy atom. The zero-order chi connectivity index (χ0) is 22.7. The lowest BCUT2D eigenvalue weighted by molar-refractivity contribution is -0.117. The van der Waals surface area contributed by atoms with Crippen molar-refractivity contribution in [3.63, 3.8) is 0 Å². The van der Waals surface area contributed by atoms with Crippen LogP contribution in [0.25, 0.3) is 11.1 Å². The van der Waals surface area contributed by atoms with Crippen LogP contribution in [0, 0.1) is 20.8 Å². The molecule has 7 nitrogen and oxygen atoms in total. The first-order valence-corrected chi connectivity index (χ1v) is 10.8. The molecule has 164 valence electrons. The molecule has 0 radical (unpaired) electrons. The molecule has 0 aliphatic heterocycles. The molecule has 0 saturated carbocycles. The van der Waals surface area contributed by atoms with Gasteiger partial charge in [-0.05, 0) is 38.9 Å². The summed E-state index contributed by atoms with van der Waals surface area (Å²) < 4.78 is 6.79. The second-order valence-corrected chi connectivity index (χ2v) is 8.68. The number of amides is 1. The molecular weight excluding hydrogens is 412 g/mol. The summed E-state index contributed by atoms with van der Waals surface area (Å²) in [5.41, 5.74) is 6.29. The molecule has 1 aromatic carbocycles. The zero-order valence-corrected chi connectivity index (χ0v) is 19.6. The van der Waals surface area contributed by atoms with Gasteiger partial charge in [-0.15, -0.1) is 11.3 Å². The Morgan fingerprint density at radius 3 is 2.61 bits per heavy atom. The van der Waals surface area contributed by atoms with Crippen molar-refractivity contribution in [3.8, 4) is 11.1 Å². The van der Waals surface area contributed by atoms with Crippen LogP contribution in [-0.2, 0) is 23.1 Å². The summed E-state index contributed by atoms with van der Waals surface area (Å²) in [6.07, 6.45) is 1.95. The number of carbonyl (C=O) groups is 2. The molecule has 0 fully saturated rings. The van der Waals surface area contributed by atoms with Crippen LogP contribution >= 0.6 is 11.3 Å². The molecule has 0 saturated heterocycles. The lowest BCUT2D eigenvalue weighted by Crippen LogP contribution is -2.30. The number of hydrogen-bond acceptors (Lipinski definition) is 6. The molecule has 0 aliphatic rings. The van der Waals surface area contributed by atoms with Gasteiger partial charge in [-0.2, -0.15) is 5.10 Å². The highest BCUT2D eigenvalue weighted by Crippen LogP contribution is 2.38. The first kappa shape index (κ1) is 22.7. The lowest BCUT2D eigenvalue weighted by Gasteiger charge is -2.16. The monoisotopic (exact) mass is 440 g/mol. The topological polar surface area (TPSA) is 76.5 Å². The van der Waals surface area contributed by atoms with Crippen molar-refractivity contribution < 1.29 is 14.3 Å². The first-order chi connectivity index (χ1) is 14.7. The van der Waals surface area contributed by atoms with E-state index in [1.807, 2.05) is 69.5 Å². The molecule has 0 unspecified atom stereocenters. The molecular formula is C23H28N4O3S.